The van der Waals surface area contributed by atoms with Crippen LogP contribution in [0.4, 0.5) is 4.39 Å². The van der Waals surface area contributed by atoms with E-state index in [0.29, 0.717) is 17.3 Å². The maximum atomic E-state index is 13.2. The summed E-state index contributed by atoms with van der Waals surface area (Å²) in [7, 11) is 0. The number of benzene rings is 1. The fraction of sp³-hybridized carbons (Fsp3) is 0.500. The van der Waals surface area contributed by atoms with E-state index in [9.17, 15) is 4.39 Å². The smallest absolute Gasteiger partial charge is 0.125 e. The summed E-state index contributed by atoms with van der Waals surface area (Å²) in [4.78, 5) is 4.41. The lowest BCUT2D eigenvalue weighted by molar-refractivity contribution is 0.0485. The highest BCUT2D eigenvalue weighted by molar-refractivity contribution is 6.16. The molecule has 1 aliphatic heterocycles. The van der Waals surface area contributed by atoms with Crippen molar-refractivity contribution in [3.8, 4) is 0 Å². The number of aromatic nitrogens is 2. The molecule has 2 heterocycles. The Morgan fingerprint density at radius 1 is 1.47 bits per heavy atom. The summed E-state index contributed by atoms with van der Waals surface area (Å²) in [5, 5.41) is 0. The van der Waals surface area contributed by atoms with Gasteiger partial charge >= 0.3 is 0 Å². The van der Waals surface area contributed by atoms with Gasteiger partial charge in [-0.3, -0.25) is 0 Å². The zero-order chi connectivity index (χ0) is 13.2. The molecule has 1 aromatic heterocycles. The second-order valence-corrected chi connectivity index (χ2v) is 5.26. The molecular formula is C14H16ClFN2O. The lowest BCUT2D eigenvalue weighted by Crippen LogP contribution is -2.22. The van der Waals surface area contributed by atoms with Gasteiger partial charge in [0.05, 0.1) is 23.5 Å². The van der Waals surface area contributed by atoms with E-state index in [0.717, 1.165) is 43.9 Å². The van der Waals surface area contributed by atoms with Crippen LogP contribution >= 0.6 is 11.6 Å². The fourth-order valence-corrected chi connectivity index (χ4v) is 2.87. The van der Waals surface area contributed by atoms with E-state index in [1.54, 1.807) is 6.07 Å². The lowest BCUT2D eigenvalue weighted by atomic mass is 10.0. The summed E-state index contributed by atoms with van der Waals surface area (Å²) >= 11 is 5.95. The van der Waals surface area contributed by atoms with Crippen molar-refractivity contribution in [3.63, 3.8) is 0 Å². The summed E-state index contributed by atoms with van der Waals surface area (Å²) in [5.74, 6) is 1.36. The van der Waals surface area contributed by atoms with Gasteiger partial charge < -0.3 is 9.30 Å². The SMILES string of the molecule is Fc1ccc2c(c1)nc(CCl)n2CC1CCCOC1. The Morgan fingerprint density at radius 2 is 2.37 bits per heavy atom. The molecule has 0 saturated carbocycles. The average Bonchev–Trinajstić information content (AvgIpc) is 2.77. The minimum atomic E-state index is -0.265. The molecule has 5 heteroatoms. The van der Waals surface area contributed by atoms with E-state index >= 15 is 0 Å². The first-order chi connectivity index (χ1) is 9.28. The molecule has 2 aromatic rings. The second-order valence-electron chi connectivity index (χ2n) is 4.99. The average molecular weight is 283 g/mol. The largest absolute Gasteiger partial charge is 0.381 e. The van der Waals surface area contributed by atoms with E-state index in [1.807, 2.05) is 0 Å². The zero-order valence-electron chi connectivity index (χ0n) is 10.6. The van der Waals surface area contributed by atoms with Crippen molar-refractivity contribution >= 4 is 22.6 Å². The topological polar surface area (TPSA) is 27.1 Å². The standard InChI is InChI=1S/C14H16ClFN2O/c15-7-14-17-12-6-11(16)3-4-13(12)18(14)8-10-2-1-5-19-9-10/h3-4,6,10H,1-2,5,7-9H2. The Bertz CT molecular complexity index is 578. The van der Waals surface area contributed by atoms with Gasteiger partial charge in [-0.25, -0.2) is 9.37 Å². The highest BCUT2D eigenvalue weighted by Crippen LogP contribution is 2.23. The van der Waals surface area contributed by atoms with Gasteiger partial charge in [-0.15, -0.1) is 11.6 Å². The van der Waals surface area contributed by atoms with Crippen LogP contribution in [0.2, 0.25) is 0 Å². The molecule has 0 spiro atoms. The van der Waals surface area contributed by atoms with Crippen molar-refractivity contribution in [2.75, 3.05) is 13.2 Å². The molecular weight excluding hydrogens is 267 g/mol. The summed E-state index contributed by atoms with van der Waals surface area (Å²) < 4.78 is 20.8. The van der Waals surface area contributed by atoms with Crippen molar-refractivity contribution in [2.45, 2.75) is 25.3 Å². The predicted molar refractivity (Wildman–Crippen MR) is 72.8 cm³/mol. The van der Waals surface area contributed by atoms with Crippen LogP contribution in [0, 0.1) is 11.7 Å². The van der Waals surface area contributed by atoms with Crippen molar-refractivity contribution in [3.05, 3.63) is 29.8 Å². The van der Waals surface area contributed by atoms with Gasteiger partial charge in [0, 0.05) is 25.1 Å². The van der Waals surface area contributed by atoms with Gasteiger partial charge in [0.1, 0.15) is 11.6 Å². The molecule has 1 aliphatic rings. The first-order valence-electron chi connectivity index (χ1n) is 6.56. The van der Waals surface area contributed by atoms with Crippen LogP contribution in [0.15, 0.2) is 18.2 Å². The number of nitrogens with zero attached hydrogens (tertiary/aromatic N) is 2. The molecule has 3 nitrogen and oxygen atoms in total. The normalized spacial score (nSPS) is 20.0. The van der Waals surface area contributed by atoms with Crippen molar-refractivity contribution in [1.29, 1.82) is 0 Å². The summed E-state index contributed by atoms with van der Waals surface area (Å²) in [5.41, 5.74) is 1.62. The Hall–Kier alpha value is -1.13. The van der Waals surface area contributed by atoms with Crippen LogP contribution in [0.25, 0.3) is 11.0 Å². The highest BCUT2D eigenvalue weighted by Gasteiger charge is 2.18. The Kier molecular flexibility index (Phi) is 3.71. The molecule has 0 amide bonds. The van der Waals surface area contributed by atoms with Gasteiger partial charge in [0.2, 0.25) is 0 Å². The summed E-state index contributed by atoms with van der Waals surface area (Å²) in [6.45, 7) is 2.47. The number of alkyl halides is 1. The minimum absolute atomic E-state index is 0.265. The molecule has 1 unspecified atom stereocenters. The van der Waals surface area contributed by atoms with Gasteiger partial charge in [-0.05, 0) is 25.0 Å². The molecule has 0 N–H and O–H groups in total. The maximum Gasteiger partial charge on any atom is 0.125 e. The molecule has 0 radical (unpaired) electrons. The zero-order valence-corrected chi connectivity index (χ0v) is 11.4. The number of fused-ring (bicyclic) bond motifs is 1. The number of rotatable bonds is 3. The third-order valence-electron chi connectivity index (χ3n) is 3.60. The van der Waals surface area contributed by atoms with E-state index in [2.05, 4.69) is 9.55 Å². The van der Waals surface area contributed by atoms with Crippen LogP contribution < -0.4 is 0 Å². The number of ether oxygens (including phenoxy) is 1. The molecule has 0 aliphatic carbocycles. The quantitative estimate of drug-likeness (QED) is 0.808. The highest BCUT2D eigenvalue weighted by atomic mass is 35.5. The summed E-state index contributed by atoms with van der Waals surface area (Å²) in [6.07, 6.45) is 2.25. The van der Waals surface area contributed by atoms with Crippen LogP contribution in [0.3, 0.4) is 0 Å². The van der Waals surface area contributed by atoms with Crippen molar-refractivity contribution in [2.24, 2.45) is 5.92 Å². The number of halogens is 2. The molecule has 1 fully saturated rings. The third kappa shape index (κ3) is 2.60. The number of imidazole rings is 1. The van der Waals surface area contributed by atoms with Crippen LogP contribution in [-0.4, -0.2) is 22.8 Å². The predicted octanol–water partition coefficient (Wildman–Crippen LogP) is 3.34. The number of hydrogen-bond donors (Lipinski definition) is 0. The Morgan fingerprint density at radius 3 is 3.11 bits per heavy atom. The van der Waals surface area contributed by atoms with E-state index in [-0.39, 0.29) is 5.82 Å². The molecule has 0 bridgehead atoms. The van der Waals surface area contributed by atoms with Crippen LogP contribution in [-0.2, 0) is 17.2 Å². The van der Waals surface area contributed by atoms with Crippen LogP contribution in [0.1, 0.15) is 18.7 Å². The second kappa shape index (κ2) is 5.47. The number of hydrogen-bond acceptors (Lipinski definition) is 2. The van der Waals surface area contributed by atoms with Gasteiger partial charge in [0.25, 0.3) is 0 Å². The van der Waals surface area contributed by atoms with E-state index < -0.39 is 0 Å². The van der Waals surface area contributed by atoms with Gasteiger partial charge in [0.15, 0.2) is 0 Å². The monoisotopic (exact) mass is 282 g/mol. The maximum absolute atomic E-state index is 13.2. The fourth-order valence-electron chi connectivity index (χ4n) is 2.67. The van der Waals surface area contributed by atoms with Gasteiger partial charge in [-0.2, -0.15) is 0 Å². The molecule has 1 saturated heterocycles. The first-order valence-corrected chi connectivity index (χ1v) is 7.10. The summed E-state index contributed by atoms with van der Waals surface area (Å²) in [6, 6.07) is 4.70. The van der Waals surface area contributed by atoms with Crippen LogP contribution in [0.5, 0.6) is 0 Å². The molecule has 3 rings (SSSR count). The molecule has 1 atom stereocenters. The van der Waals surface area contributed by atoms with Crippen molar-refractivity contribution in [1.82, 2.24) is 9.55 Å². The third-order valence-corrected chi connectivity index (χ3v) is 3.84. The molecule has 1 aromatic carbocycles. The Balaban J connectivity index is 1.95. The first kappa shape index (κ1) is 12.9. The van der Waals surface area contributed by atoms with E-state index in [1.165, 1.54) is 12.1 Å². The van der Waals surface area contributed by atoms with Crippen molar-refractivity contribution < 1.29 is 9.13 Å². The minimum Gasteiger partial charge on any atom is -0.381 e. The van der Waals surface area contributed by atoms with Gasteiger partial charge in [-0.1, -0.05) is 0 Å². The molecule has 102 valence electrons. The Labute approximate surface area is 116 Å². The molecule has 19 heavy (non-hydrogen) atoms. The van der Waals surface area contributed by atoms with E-state index in [4.69, 9.17) is 16.3 Å². The lowest BCUT2D eigenvalue weighted by Gasteiger charge is -2.23.